The number of benzene rings is 2. The number of aryl methyl sites for hydroxylation is 1. The zero-order valence-electron chi connectivity index (χ0n) is 30.9. The molecule has 268 valence electrons. The first kappa shape index (κ1) is 40.2. The Kier molecular flexibility index (Phi) is 19.4. The predicted molar refractivity (Wildman–Crippen MR) is 202 cm³/mol. The molecule has 0 saturated carbocycles. The van der Waals surface area contributed by atoms with Crippen LogP contribution in [0.2, 0.25) is 21.0 Å². The second-order valence-electron chi connectivity index (χ2n) is 14.2. The summed E-state index contributed by atoms with van der Waals surface area (Å²) in [5.41, 5.74) is 2.78. The third-order valence-corrected chi connectivity index (χ3v) is 23.3. The van der Waals surface area contributed by atoms with Crippen LogP contribution in [-0.4, -0.2) is 38.4 Å². The molecular formula is C42H66GeO5. The van der Waals surface area contributed by atoms with Crippen molar-refractivity contribution < 1.29 is 23.8 Å². The molecule has 0 amide bonds. The molecule has 2 aromatic carbocycles. The Hall–Kier alpha value is -2.28. The molecule has 1 aliphatic rings. The van der Waals surface area contributed by atoms with Crippen LogP contribution in [-0.2, 0) is 22.4 Å². The third-order valence-electron chi connectivity index (χ3n) is 10.9. The van der Waals surface area contributed by atoms with Crippen LogP contribution in [0.15, 0.2) is 42.5 Å². The maximum atomic E-state index is 12.9. The Bertz CT molecular complexity index is 1180. The number of fused-ring (bicyclic) bond motifs is 1. The van der Waals surface area contributed by atoms with Crippen molar-refractivity contribution in [1.29, 1.82) is 0 Å². The summed E-state index contributed by atoms with van der Waals surface area (Å²) >= 11 is -1.48. The third kappa shape index (κ3) is 14.3. The second kappa shape index (κ2) is 23.2. The van der Waals surface area contributed by atoms with Crippen molar-refractivity contribution in [3.8, 4) is 11.5 Å². The minimum Gasteiger partial charge on any atom is -0.0550 e. The van der Waals surface area contributed by atoms with Gasteiger partial charge in [0.25, 0.3) is 0 Å². The molecule has 0 bridgehead atoms. The fraction of sp³-hybridized carbons (Fsp3) is 0.667. The van der Waals surface area contributed by atoms with Gasteiger partial charge in [0.2, 0.25) is 0 Å². The van der Waals surface area contributed by atoms with Crippen molar-refractivity contribution >= 4 is 25.2 Å². The van der Waals surface area contributed by atoms with Gasteiger partial charge in [0.15, 0.2) is 0 Å². The van der Waals surface area contributed by atoms with Crippen LogP contribution >= 0.6 is 0 Å². The van der Waals surface area contributed by atoms with Crippen molar-refractivity contribution in [2.75, 3.05) is 13.2 Å². The number of hydrogen-bond donors (Lipinski definition) is 0. The average molecular weight is 724 g/mol. The average Bonchev–Trinajstić information content (AvgIpc) is 3.12. The van der Waals surface area contributed by atoms with E-state index < -0.39 is 13.3 Å². The number of hydrogen-bond acceptors (Lipinski definition) is 5. The summed E-state index contributed by atoms with van der Waals surface area (Å²) < 4.78 is 17.3. The van der Waals surface area contributed by atoms with Crippen LogP contribution in [0.3, 0.4) is 0 Å². The quantitative estimate of drug-likeness (QED) is 0.0442. The second-order valence-corrected chi connectivity index (χ2v) is 26.0. The fourth-order valence-corrected chi connectivity index (χ4v) is 14.6. The molecule has 0 aliphatic heterocycles. The van der Waals surface area contributed by atoms with Crippen LogP contribution < -0.4 is 9.47 Å². The number of rotatable bonds is 25. The number of unbranched alkanes of at least 4 members (excludes halogenated alkanes) is 12. The van der Waals surface area contributed by atoms with E-state index in [1.165, 1.54) is 86.4 Å². The zero-order chi connectivity index (χ0) is 34.5. The smallest absolute Gasteiger partial charge is 0.0550 e. The van der Waals surface area contributed by atoms with Gasteiger partial charge in [-0.1, -0.05) is 57.9 Å². The molecule has 0 aromatic heterocycles. The van der Waals surface area contributed by atoms with Gasteiger partial charge in [-0.25, -0.2) is 4.79 Å². The van der Waals surface area contributed by atoms with Gasteiger partial charge >= 0.3 is 147 Å². The topological polar surface area (TPSA) is 61.8 Å². The Balaban J connectivity index is 1.29. The monoisotopic (exact) mass is 724 g/mol. The van der Waals surface area contributed by atoms with Gasteiger partial charge < -0.3 is 9.47 Å². The molecule has 2 aromatic rings. The summed E-state index contributed by atoms with van der Waals surface area (Å²) in [5, 5.41) is 6.02. The van der Waals surface area contributed by atoms with Crippen LogP contribution in [0.5, 0.6) is 11.5 Å². The normalized spacial score (nSPS) is 14.4. The van der Waals surface area contributed by atoms with Crippen LogP contribution in [0.25, 0.3) is 0 Å². The summed E-state index contributed by atoms with van der Waals surface area (Å²) in [4.78, 5) is 25.5. The number of carbonyl (C=O) groups excluding carboxylic acids is 2. The summed E-state index contributed by atoms with van der Waals surface area (Å²) in [6, 6.07) is 13.0. The van der Waals surface area contributed by atoms with E-state index in [4.69, 9.17) is 14.2 Å². The van der Waals surface area contributed by atoms with Crippen molar-refractivity contribution in [3.05, 3.63) is 59.2 Å². The van der Waals surface area contributed by atoms with Crippen LogP contribution in [0.4, 0.5) is 0 Å². The molecule has 0 spiro atoms. The first-order valence-corrected chi connectivity index (χ1v) is 25.6. The van der Waals surface area contributed by atoms with Crippen LogP contribution in [0, 0.1) is 5.92 Å². The summed E-state index contributed by atoms with van der Waals surface area (Å²) in [6.07, 6.45) is 19.8. The van der Waals surface area contributed by atoms with E-state index in [1.807, 2.05) is 30.3 Å². The van der Waals surface area contributed by atoms with E-state index in [-0.39, 0.29) is 17.9 Å². The van der Waals surface area contributed by atoms with Gasteiger partial charge in [-0.15, -0.1) is 0 Å². The fourth-order valence-electron chi connectivity index (χ4n) is 7.16. The predicted octanol–water partition coefficient (Wildman–Crippen LogP) is 11.9. The SMILES string of the molecule is CCCCCCCCCCOC(=O)C1CCc2cc(OC(=O)c3ccc(OCCCCCCC[CH2][Ge]([CH2]C)([CH2]C)[CH2]C)cc3)ccc2C1. The maximum absolute atomic E-state index is 12.9. The molecule has 0 radical (unpaired) electrons. The first-order chi connectivity index (χ1) is 23.4. The summed E-state index contributed by atoms with van der Waals surface area (Å²) in [5.74, 6) is 0.782. The molecular weight excluding hydrogens is 657 g/mol. The summed E-state index contributed by atoms with van der Waals surface area (Å²) in [6.45, 7) is 10.8. The van der Waals surface area contributed by atoms with Gasteiger partial charge in [-0.3, -0.25) is 4.79 Å². The van der Waals surface area contributed by atoms with Crippen LogP contribution in [0.1, 0.15) is 145 Å². The van der Waals surface area contributed by atoms with Gasteiger partial charge in [0.05, 0.1) is 18.1 Å². The minimum absolute atomic E-state index is 0.0730. The molecule has 0 saturated heterocycles. The zero-order valence-corrected chi connectivity index (χ0v) is 33.0. The van der Waals surface area contributed by atoms with E-state index in [9.17, 15) is 9.59 Å². The Labute approximate surface area is 295 Å². The first-order valence-electron chi connectivity index (χ1n) is 19.7. The van der Waals surface area contributed by atoms with Gasteiger partial charge in [-0.2, -0.15) is 0 Å². The van der Waals surface area contributed by atoms with E-state index in [1.54, 1.807) is 17.4 Å². The Morgan fingerprint density at radius 1 is 0.667 bits per heavy atom. The van der Waals surface area contributed by atoms with Crippen molar-refractivity contribution in [1.82, 2.24) is 0 Å². The molecule has 3 rings (SSSR count). The molecule has 0 fully saturated rings. The molecule has 48 heavy (non-hydrogen) atoms. The number of esters is 2. The Morgan fingerprint density at radius 3 is 1.90 bits per heavy atom. The standard InChI is InChI=1S/C42H66GeO5/c1-5-9-10-11-12-14-18-21-32-47-41(44)38-23-22-37-34-40(29-26-36(37)33-38)48-42(45)35-24-27-39(28-25-35)46-31-20-17-15-13-16-19-30-43(6-2,7-3)8-4/h24-29,34,38H,5-23,30-33H2,1-4H3. The molecule has 1 aliphatic carbocycles. The summed E-state index contributed by atoms with van der Waals surface area (Å²) in [7, 11) is 0. The molecule has 1 atom stereocenters. The van der Waals surface area contributed by atoms with E-state index in [0.717, 1.165) is 49.0 Å². The van der Waals surface area contributed by atoms with Gasteiger partial charge in [0, 0.05) is 0 Å². The van der Waals surface area contributed by atoms with E-state index in [0.29, 0.717) is 30.9 Å². The minimum atomic E-state index is -1.48. The van der Waals surface area contributed by atoms with Crippen molar-refractivity contribution in [2.45, 2.75) is 158 Å². The van der Waals surface area contributed by atoms with Gasteiger partial charge in [0.1, 0.15) is 5.75 Å². The molecule has 0 N–H and O–H groups in total. The molecule has 6 heteroatoms. The molecule has 1 unspecified atom stereocenters. The molecule has 5 nitrogen and oxygen atoms in total. The number of ether oxygens (including phenoxy) is 3. The van der Waals surface area contributed by atoms with Gasteiger partial charge in [-0.05, 0) is 48.9 Å². The van der Waals surface area contributed by atoms with Crippen molar-refractivity contribution in [2.24, 2.45) is 5.92 Å². The van der Waals surface area contributed by atoms with E-state index in [2.05, 4.69) is 27.7 Å². The number of carbonyl (C=O) groups is 2. The Morgan fingerprint density at radius 2 is 1.25 bits per heavy atom. The van der Waals surface area contributed by atoms with Crippen molar-refractivity contribution in [3.63, 3.8) is 0 Å². The molecule has 0 heterocycles. The van der Waals surface area contributed by atoms with E-state index >= 15 is 0 Å².